The third kappa shape index (κ3) is 4.51. The molecule has 1 aromatic heterocycles. The van der Waals surface area contributed by atoms with E-state index in [1.54, 1.807) is 30.6 Å². The van der Waals surface area contributed by atoms with Crippen molar-refractivity contribution >= 4 is 5.91 Å². The van der Waals surface area contributed by atoms with Gasteiger partial charge in [0, 0.05) is 31.3 Å². The van der Waals surface area contributed by atoms with Crippen molar-refractivity contribution in [1.29, 1.82) is 0 Å². The normalized spacial score (nSPS) is 11.7. The molecule has 1 atom stereocenters. The van der Waals surface area contributed by atoms with Crippen LogP contribution in [0.2, 0.25) is 0 Å². The van der Waals surface area contributed by atoms with Crippen LogP contribution in [0.4, 0.5) is 4.39 Å². The first kappa shape index (κ1) is 16.8. The number of pyridine rings is 1. The molecule has 0 fully saturated rings. The lowest BCUT2D eigenvalue weighted by atomic mass is 9.88. The van der Waals surface area contributed by atoms with Crippen LogP contribution in [-0.2, 0) is 11.3 Å². The molecule has 1 heterocycles. The number of rotatable bonds is 6. The first-order valence-corrected chi connectivity index (χ1v) is 8.19. The van der Waals surface area contributed by atoms with E-state index in [4.69, 9.17) is 0 Å². The van der Waals surface area contributed by atoms with E-state index in [-0.39, 0.29) is 24.1 Å². The number of benzene rings is 2. The molecule has 0 unspecified atom stereocenters. The number of carbonyl (C=O) groups excluding carboxylic acids is 1. The van der Waals surface area contributed by atoms with E-state index in [9.17, 15) is 9.18 Å². The molecule has 0 saturated carbocycles. The highest BCUT2D eigenvalue weighted by atomic mass is 19.1. The second-order valence-corrected chi connectivity index (χ2v) is 5.83. The van der Waals surface area contributed by atoms with Crippen LogP contribution in [0.3, 0.4) is 0 Å². The van der Waals surface area contributed by atoms with Gasteiger partial charge in [0.1, 0.15) is 5.82 Å². The van der Waals surface area contributed by atoms with Crippen molar-refractivity contribution < 1.29 is 9.18 Å². The van der Waals surface area contributed by atoms with Gasteiger partial charge in [-0.2, -0.15) is 0 Å². The minimum atomic E-state index is -0.323. The van der Waals surface area contributed by atoms with Crippen LogP contribution in [-0.4, -0.2) is 10.9 Å². The molecule has 126 valence electrons. The molecule has 0 radical (unpaired) electrons. The average molecular weight is 334 g/mol. The number of nitrogens with one attached hydrogen (secondary N) is 1. The zero-order valence-corrected chi connectivity index (χ0v) is 13.7. The highest BCUT2D eigenvalue weighted by molar-refractivity contribution is 5.77. The Morgan fingerprint density at radius 1 is 1.00 bits per heavy atom. The molecule has 1 N–H and O–H groups in total. The number of hydrogen-bond donors (Lipinski definition) is 1. The molecule has 0 spiro atoms. The highest BCUT2D eigenvalue weighted by Gasteiger charge is 2.20. The summed E-state index contributed by atoms with van der Waals surface area (Å²) in [5, 5.41) is 2.89. The second-order valence-electron chi connectivity index (χ2n) is 5.83. The highest BCUT2D eigenvalue weighted by Crippen LogP contribution is 2.29. The molecule has 4 heteroatoms. The number of nitrogens with zero attached hydrogens (tertiary/aromatic N) is 1. The lowest BCUT2D eigenvalue weighted by molar-refractivity contribution is -0.121. The van der Waals surface area contributed by atoms with E-state index < -0.39 is 0 Å². The summed E-state index contributed by atoms with van der Waals surface area (Å²) in [5.74, 6) is -0.742. The summed E-state index contributed by atoms with van der Waals surface area (Å²) in [7, 11) is 0. The zero-order chi connectivity index (χ0) is 17.5. The van der Waals surface area contributed by atoms with Crippen molar-refractivity contribution in [2.45, 2.75) is 18.9 Å². The van der Waals surface area contributed by atoms with Gasteiger partial charge in [-0.05, 0) is 28.8 Å². The zero-order valence-electron chi connectivity index (χ0n) is 13.7. The van der Waals surface area contributed by atoms with E-state index >= 15 is 0 Å². The van der Waals surface area contributed by atoms with Crippen LogP contribution in [0, 0.1) is 5.82 Å². The van der Waals surface area contributed by atoms with Crippen molar-refractivity contribution in [3.63, 3.8) is 0 Å². The third-order valence-electron chi connectivity index (χ3n) is 4.08. The van der Waals surface area contributed by atoms with E-state index in [0.29, 0.717) is 12.1 Å². The predicted octanol–water partition coefficient (Wildman–Crippen LogP) is 4.06. The molecule has 2 aromatic carbocycles. The smallest absolute Gasteiger partial charge is 0.221 e. The van der Waals surface area contributed by atoms with Gasteiger partial charge in [0.2, 0.25) is 5.91 Å². The number of halogens is 1. The number of amides is 1. The van der Waals surface area contributed by atoms with Gasteiger partial charge in [0.05, 0.1) is 0 Å². The summed E-state index contributed by atoms with van der Waals surface area (Å²) in [4.78, 5) is 16.5. The Morgan fingerprint density at radius 3 is 2.48 bits per heavy atom. The fourth-order valence-corrected chi connectivity index (χ4v) is 2.81. The van der Waals surface area contributed by atoms with Crippen LogP contribution in [0.5, 0.6) is 0 Å². The molecule has 25 heavy (non-hydrogen) atoms. The van der Waals surface area contributed by atoms with Gasteiger partial charge in [-0.1, -0.05) is 54.6 Å². The van der Waals surface area contributed by atoms with Crippen molar-refractivity contribution in [1.82, 2.24) is 10.3 Å². The molecule has 0 bridgehead atoms. The number of carbonyl (C=O) groups is 1. The fourth-order valence-electron chi connectivity index (χ4n) is 2.81. The molecule has 0 aliphatic carbocycles. The summed E-state index contributed by atoms with van der Waals surface area (Å²) < 4.78 is 14.3. The van der Waals surface area contributed by atoms with Gasteiger partial charge in [-0.3, -0.25) is 9.78 Å². The molecule has 0 aliphatic rings. The Hall–Kier alpha value is -3.01. The van der Waals surface area contributed by atoms with Gasteiger partial charge in [0.25, 0.3) is 0 Å². The maximum atomic E-state index is 14.3. The average Bonchev–Trinajstić information content (AvgIpc) is 2.67. The molecular weight excluding hydrogens is 315 g/mol. The fraction of sp³-hybridized carbons (Fsp3) is 0.143. The lowest BCUT2D eigenvalue weighted by Gasteiger charge is -2.18. The summed E-state index contributed by atoms with van der Waals surface area (Å²) in [5.41, 5.74) is 2.38. The Morgan fingerprint density at radius 2 is 1.76 bits per heavy atom. The van der Waals surface area contributed by atoms with E-state index in [2.05, 4.69) is 10.3 Å². The minimum Gasteiger partial charge on any atom is -0.352 e. The number of aromatic nitrogens is 1. The van der Waals surface area contributed by atoms with Crippen LogP contribution < -0.4 is 5.32 Å². The van der Waals surface area contributed by atoms with Crippen LogP contribution >= 0.6 is 0 Å². The van der Waals surface area contributed by atoms with E-state index in [1.165, 1.54) is 6.07 Å². The van der Waals surface area contributed by atoms with Crippen LogP contribution in [0.25, 0.3) is 0 Å². The third-order valence-corrected chi connectivity index (χ3v) is 4.08. The molecule has 3 rings (SSSR count). The van der Waals surface area contributed by atoms with E-state index in [1.807, 2.05) is 42.5 Å². The SMILES string of the molecule is O=C(C[C@@H](c1ccccc1)c1ccccc1F)NCc1cccnc1. The topological polar surface area (TPSA) is 42.0 Å². The molecule has 1 amide bonds. The Kier molecular flexibility index (Phi) is 5.52. The maximum Gasteiger partial charge on any atom is 0.221 e. The molecular formula is C21H19FN2O. The standard InChI is InChI=1S/C21H19FN2O/c22-20-11-5-4-10-18(20)19(17-8-2-1-3-9-17)13-21(25)24-15-16-7-6-12-23-14-16/h1-12,14,19H,13,15H2,(H,24,25)/t19-/m0/s1. The van der Waals surface area contributed by atoms with Crippen molar-refractivity contribution in [2.24, 2.45) is 0 Å². The van der Waals surface area contributed by atoms with Gasteiger partial charge in [-0.15, -0.1) is 0 Å². The van der Waals surface area contributed by atoms with Crippen molar-refractivity contribution in [2.75, 3.05) is 0 Å². The summed E-state index contributed by atoms with van der Waals surface area (Å²) in [6, 6.07) is 19.9. The van der Waals surface area contributed by atoms with Gasteiger partial charge >= 0.3 is 0 Å². The largest absolute Gasteiger partial charge is 0.352 e. The summed E-state index contributed by atoms with van der Waals surface area (Å²) in [6.07, 6.45) is 3.59. The summed E-state index contributed by atoms with van der Waals surface area (Å²) >= 11 is 0. The minimum absolute atomic E-state index is 0.124. The lowest BCUT2D eigenvalue weighted by Crippen LogP contribution is -2.25. The second kappa shape index (κ2) is 8.20. The molecule has 3 nitrogen and oxygen atoms in total. The number of hydrogen-bond acceptors (Lipinski definition) is 2. The van der Waals surface area contributed by atoms with Crippen LogP contribution in [0.1, 0.15) is 29.0 Å². The quantitative estimate of drug-likeness (QED) is 0.739. The van der Waals surface area contributed by atoms with Gasteiger partial charge in [-0.25, -0.2) is 4.39 Å². The Labute approximate surface area is 146 Å². The van der Waals surface area contributed by atoms with Gasteiger partial charge < -0.3 is 5.32 Å². The van der Waals surface area contributed by atoms with Crippen molar-refractivity contribution in [3.05, 3.63) is 102 Å². The molecule has 0 aliphatic heterocycles. The Bertz CT molecular complexity index is 822. The molecule has 0 saturated heterocycles. The Balaban J connectivity index is 1.76. The van der Waals surface area contributed by atoms with Crippen LogP contribution in [0.15, 0.2) is 79.1 Å². The van der Waals surface area contributed by atoms with E-state index in [0.717, 1.165) is 11.1 Å². The maximum absolute atomic E-state index is 14.3. The van der Waals surface area contributed by atoms with Gasteiger partial charge in [0.15, 0.2) is 0 Å². The first-order valence-electron chi connectivity index (χ1n) is 8.19. The first-order chi connectivity index (χ1) is 12.2. The predicted molar refractivity (Wildman–Crippen MR) is 95.4 cm³/mol. The monoisotopic (exact) mass is 334 g/mol. The van der Waals surface area contributed by atoms with Crippen molar-refractivity contribution in [3.8, 4) is 0 Å². The summed E-state index contributed by atoms with van der Waals surface area (Å²) in [6.45, 7) is 0.408. The molecule has 3 aromatic rings.